The van der Waals surface area contributed by atoms with Crippen LogP contribution in [0.5, 0.6) is 0 Å². The summed E-state index contributed by atoms with van der Waals surface area (Å²) in [6.45, 7) is 5.80. The Bertz CT molecular complexity index is 599. The molecule has 1 aromatic heterocycles. The average molecular weight is 316 g/mol. The SMILES string of the molecule is CCc1sc(C(=O)N2CCN(S(C)(=O)=O)CC2)cc1C. The van der Waals surface area contributed by atoms with Crippen molar-refractivity contribution in [2.24, 2.45) is 0 Å². The topological polar surface area (TPSA) is 57.7 Å². The zero-order valence-electron chi connectivity index (χ0n) is 12.0. The fourth-order valence-corrected chi connectivity index (χ4v) is 4.26. The van der Waals surface area contributed by atoms with Crippen molar-refractivity contribution in [1.29, 1.82) is 0 Å². The molecular weight excluding hydrogens is 296 g/mol. The normalized spacial score (nSPS) is 17.4. The van der Waals surface area contributed by atoms with E-state index in [2.05, 4.69) is 6.92 Å². The third-order valence-corrected chi connectivity index (χ3v) is 6.22. The molecule has 1 aliphatic rings. The lowest BCUT2D eigenvalue weighted by molar-refractivity contribution is 0.0703. The number of carbonyl (C=O) groups is 1. The number of thiophene rings is 1. The molecule has 112 valence electrons. The summed E-state index contributed by atoms with van der Waals surface area (Å²) >= 11 is 1.54. The Labute approximate surface area is 124 Å². The highest BCUT2D eigenvalue weighted by molar-refractivity contribution is 7.88. The van der Waals surface area contributed by atoms with Crippen molar-refractivity contribution >= 4 is 27.3 Å². The monoisotopic (exact) mass is 316 g/mol. The third kappa shape index (κ3) is 3.21. The molecule has 0 atom stereocenters. The van der Waals surface area contributed by atoms with Crippen LogP contribution >= 0.6 is 11.3 Å². The number of hydrogen-bond acceptors (Lipinski definition) is 4. The van der Waals surface area contributed by atoms with E-state index in [1.165, 1.54) is 15.4 Å². The molecule has 1 amide bonds. The standard InChI is InChI=1S/C13H20N2O3S2/c1-4-11-10(2)9-12(19-11)13(16)14-5-7-15(8-6-14)20(3,17)18/h9H,4-8H2,1-3H3. The van der Waals surface area contributed by atoms with E-state index in [1.54, 1.807) is 16.2 Å². The Hall–Kier alpha value is -0.920. The summed E-state index contributed by atoms with van der Waals surface area (Å²) in [6.07, 6.45) is 2.15. The van der Waals surface area contributed by atoms with Crippen LogP contribution in [0, 0.1) is 6.92 Å². The molecule has 0 bridgehead atoms. The van der Waals surface area contributed by atoms with Crippen molar-refractivity contribution in [3.63, 3.8) is 0 Å². The molecule has 0 unspecified atom stereocenters. The van der Waals surface area contributed by atoms with Gasteiger partial charge in [-0.1, -0.05) is 6.92 Å². The van der Waals surface area contributed by atoms with E-state index in [0.29, 0.717) is 26.2 Å². The van der Waals surface area contributed by atoms with Crippen LogP contribution < -0.4 is 0 Å². The molecule has 0 spiro atoms. The van der Waals surface area contributed by atoms with Crippen molar-refractivity contribution in [2.45, 2.75) is 20.3 Å². The number of nitrogens with zero attached hydrogens (tertiary/aromatic N) is 2. The van der Waals surface area contributed by atoms with E-state index in [9.17, 15) is 13.2 Å². The molecule has 5 nitrogen and oxygen atoms in total. The minimum atomic E-state index is -3.15. The number of piperazine rings is 1. The van der Waals surface area contributed by atoms with Crippen molar-refractivity contribution < 1.29 is 13.2 Å². The van der Waals surface area contributed by atoms with Crippen LogP contribution in [0.25, 0.3) is 0 Å². The maximum Gasteiger partial charge on any atom is 0.264 e. The van der Waals surface area contributed by atoms with Gasteiger partial charge in [0.25, 0.3) is 5.91 Å². The molecule has 0 radical (unpaired) electrons. The van der Waals surface area contributed by atoms with Gasteiger partial charge in [-0.3, -0.25) is 4.79 Å². The summed E-state index contributed by atoms with van der Waals surface area (Å²) < 4.78 is 24.3. The second-order valence-corrected chi connectivity index (χ2v) is 8.14. The van der Waals surface area contributed by atoms with Crippen molar-refractivity contribution in [2.75, 3.05) is 32.4 Å². The lowest BCUT2D eigenvalue weighted by atomic mass is 10.2. The zero-order chi connectivity index (χ0) is 14.9. The molecule has 0 saturated carbocycles. The number of carbonyl (C=O) groups excluding carboxylic acids is 1. The summed E-state index contributed by atoms with van der Waals surface area (Å²) in [6, 6.07) is 1.94. The van der Waals surface area contributed by atoms with Gasteiger partial charge in [0, 0.05) is 31.1 Å². The van der Waals surface area contributed by atoms with Crippen LogP contribution in [-0.4, -0.2) is 56.0 Å². The maximum atomic E-state index is 12.4. The molecule has 1 saturated heterocycles. The van der Waals surface area contributed by atoms with Crippen LogP contribution in [0.4, 0.5) is 0 Å². The lowest BCUT2D eigenvalue weighted by Crippen LogP contribution is -2.50. The molecule has 1 aliphatic heterocycles. The average Bonchev–Trinajstić information content (AvgIpc) is 2.78. The first kappa shape index (κ1) is 15.5. The first-order valence-electron chi connectivity index (χ1n) is 6.66. The summed E-state index contributed by atoms with van der Waals surface area (Å²) in [5, 5.41) is 0. The van der Waals surface area contributed by atoms with Gasteiger partial charge in [-0.2, -0.15) is 4.31 Å². The van der Waals surface area contributed by atoms with Crippen LogP contribution in [0.1, 0.15) is 27.0 Å². The van der Waals surface area contributed by atoms with Crippen LogP contribution in [0.3, 0.4) is 0 Å². The Morgan fingerprint density at radius 1 is 1.30 bits per heavy atom. The van der Waals surface area contributed by atoms with Gasteiger partial charge >= 0.3 is 0 Å². The Balaban J connectivity index is 2.05. The van der Waals surface area contributed by atoms with Crippen molar-refractivity contribution in [3.8, 4) is 0 Å². The molecule has 0 aromatic carbocycles. The predicted octanol–water partition coefficient (Wildman–Crippen LogP) is 1.34. The number of sulfonamides is 1. The summed E-state index contributed by atoms with van der Waals surface area (Å²) in [7, 11) is -3.15. The highest BCUT2D eigenvalue weighted by Gasteiger charge is 2.27. The fourth-order valence-electron chi connectivity index (χ4n) is 2.35. The van der Waals surface area contributed by atoms with Gasteiger partial charge in [-0.05, 0) is 25.0 Å². The van der Waals surface area contributed by atoms with Gasteiger partial charge in [0.1, 0.15) is 0 Å². The zero-order valence-corrected chi connectivity index (χ0v) is 13.7. The molecule has 0 aliphatic carbocycles. The molecule has 2 rings (SSSR count). The predicted molar refractivity (Wildman–Crippen MR) is 80.8 cm³/mol. The Kier molecular flexibility index (Phi) is 4.51. The van der Waals surface area contributed by atoms with Gasteiger partial charge in [-0.15, -0.1) is 11.3 Å². The first-order valence-corrected chi connectivity index (χ1v) is 9.33. The van der Waals surface area contributed by atoms with E-state index in [1.807, 2.05) is 13.0 Å². The molecule has 20 heavy (non-hydrogen) atoms. The van der Waals surface area contributed by atoms with Crippen LogP contribution in [0.15, 0.2) is 6.07 Å². The highest BCUT2D eigenvalue weighted by Crippen LogP contribution is 2.24. The van der Waals surface area contributed by atoms with Crippen LogP contribution in [0.2, 0.25) is 0 Å². The fraction of sp³-hybridized carbons (Fsp3) is 0.615. The smallest absolute Gasteiger partial charge is 0.264 e. The minimum Gasteiger partial charge on any atom is -0.335 e. The van der Waals surface area contributed by atoms with E-state index in [4.69, 9.17) is 0 Å². The molecular formula is C13H20N2O3S2. The molecule has 7 heteroatoms. The van der Waals surface area contributed by atoms with Crippen molar-refractivity contribution in [3.05, 3.63) is 21.4 Å². The van der Waals surface area contributed by atoms with E-state index in [0.717, 1.165) is 16.9 Å². The van der Waals surface area contributed by atoms with Gasteiger partial charge < -0.3 is 4.90 Å². The van der Waals surface area contributed by atoms with Crippen LogP contribution in [-0.2, 0) is 16.4 Å². The first-order chi connectivity index (χ1) is 9.32. The second-order valence-electron chi connectivity index (χ2n) is 5.02. The van der Waals surface area contributed by atoms with Gasteiger partial charge in [0.2, 0.25) is 10.0 Å². The van der Waals surface area contributed by atoms with E-state index in [-0.39, 0.29) is 5.91 Å². The number of hydrogen-bond donors (Lipinski definition) is 0. The Morgan fingerprint density at radius 2 is 1.90 bits per heavy atom. The van der Waals surface area contributed by atoms with E-state index >= 15 is 0 Å². The lowest BCUT2D eigenvalue weighted by Gasteiger charge is -2.33. The highest BCUT2D eigenvalue weighted by atomic mass is 32.2. The molecule has 1 aromatic rings. The van der Waals surface area contributed by atoms with E-state index < -0.39 is 10.0 Å². The molecule has 0 N–H and O–H groups in total. The number of rotatable bonds is 3. The quantitative estimate of drug-likeness (QED) is 0.845. The van der Waals surface area contributed by atoms with Gasteiger partial charge in [0.05, 0.1) is 11.1 Å². The maximum absolute atomic E-state index is 12.4. The van der Waals surface area contributed by atoms with Crippen molar-refractivity contribution in [1.82, 2.24) is 9.21 Å². The van der Waals surface area contributed by atoms with Gasteiger partial charge in [-0.25, -0.2) is 8.42 Å². The number of aryl methyl sites for hydroxylation is 2. The summed E-state index contributed by atoms with van der Waals surface area (Å²) in [4.78, 5) is 16.1. The summed E-state index contributed by atoms with van der Waals surface area (Å²) in [5.74, 6) is 0.0194. The number of amides is 1. The minimum absolute atomic E-state index is 0.0194. The molecule has 1 fully saturated rings. The second kappa shape index (κ2) is 5.83. The Morgan fingerprint density at radius 3 is 2.35 bits per heavy atom. The third-order valence-electron chi connectivity index (χ3n) is 3.55. The molecule has 2 heterocycles. The summed E-state index contributed by atoms with van der Waals surface area (Å²) in [5.41, 5.74) is 1.16. The largest absolute Gasteiger partial charge is 0.335 e. The van der Waals surface area contributed by atoms with Gasteiger partial charge in [0.15, 0.2) is 0 Å².